The van der Waals surface area contributed by atoms with Crippen molar-refractivity contribution in [1.82, 2.24) is 10.2 Å². The van der Waals surface area contributed by atoms with Gasteiger partial charge in [-0.15, -0.1) is 0 Å². The Bertz CT molecular complexity index is 256. The highest BCUT2D eigenvalue weighted by molar-refractivity contribution is 4.77. The van der Waals surface area contributed by atoms with Gasteiger partial charge in [0.1, 0.15) is 0 Å². The highest BCUT2D eigenvalue weighted by atomic mass is 15.1. The lowest BCUT2D eigenvalue weighted by Crippen LogP contribution is -2.40. The predicted molar refractivity (Wildman–Crippen MR) is 88.0 cm³/mol. The van der Waals surface area contributed by atoms with Crippen LogP contribution in [0.2, 0.25) is 0 Å². The Labute approximate surface area is 126 Å². The van der Waals surface area contributed by atoms with Crippen molar-refractivity contribution < 1.29 is 0 Å². The van der Waals surface area contributed by atoms with Crippen LogP contribution >= 0.6 is 0 Å². The van der Waals surface area contributed by atoms with Gasteiger partial charge in [-0.05, 0) is 62.9 Å². The van der Waals surface area contributed by atoms with E-state index < -0.39 is 0 Å². The fraction of sp³-hybridized carbons (Fsp3) is 1.00. The van der Waals surface area contributed by atoms with Crippen molar-refractivity contribution in [2.45, 2.75) is 71.8 Å². The van der Waals surface area contributed by atoms with Crippen molar-refractivity contribution in [3.05, 3.63) is 0 Å². The molecule has 2 fully saturated rings. The van der Waals surface area contributed by atoms with Crippen LogP contribution in [0.4, 0.5) is 0 Å². The molecule has 0 bridgehead atoms. The fourth-order valence-corrected chi connectivity index (χ4v) is 3.91. The number of piperidine rings is 1. The average molecular weight is 280 g/mol. The normalized spacial score (nSPS) is 30.6. The molecule has 0 spiro atoms. The van der Waals surface area contributed by atoms with Crippen molar-refractivity contribution >= 4 is 0 Å². The molecule has 0 aromatic carbocycles. The minimum Gasteiger partial charge on any atom is -0.313 e. The minimum absolute atomic E-state index is 0.794. The maximum atomic E-state index is 3.84. The van der Waals surface area contributed by atoms with E-state index in [1.807, 2.05) is 0 Å². The lowest BCUT2D eigenvalue weighted by Gasteiger charge is -2.30. The third-order valence-electron chi connectivity index (χ3n) is 5.69. The number of likely N-dealkylation sites (tertiary alicyclic amines) is 1. The summed E-state index contributed by atoms with van der Waals surface area (Å²) in [5, 5.41) is 3.84. The molecule has 1 aliphatic carbocycles. The average Bonchev–Trinajstić information content (AvgIpc) is 2.67. The number of nitrogens with zero attached hydrogens (tertiary/aromatic N) is 1. The van der Waals surface area contributed by atoms with Crippen LogP contribution in [0.25, 0.3) is 0 Å². The molecule has 1 saturated carbocycles. The van der Waals surface area contributed by atoms with E-state index in [2.05, 4.69) is 31.0 Å². The molecule has 0 aromatic heterocycles. The van der Waals surface area contributed by atoms with E-state index in [4.69, 9.17) is 0 Å². The van der Waals surface area contributed by atoms with Gasteiger partial charge in [0.2, 0.25) is 0 Å². The summed E-state index contributed by atoms with van der Waals surface area (Å²) >= 11 is 0. The quantitative estimate of drug-likeness (QED) is 0.768. The maximum absolute atomic E-state index is 3.84. The Morgan fingerprint density at radius 2 is 1.75 bits per heavy atom. The molecule has 0 aromatic rings. The molecule has 118 valence electrons. The van der Waals surface area contributed by atoms with Crippen LogP contribution in [0.1, 0.15) is 65.7 Å². The maximum Gasteiger partial charge on any atom is 0.0107 e. The van der Waals surface area contributed by atoms with E-state index in [1.165, 1.54) is 71.1 Å². The summed E-state index contributed by atoms with van der Waals surface area (Å²) in [6.45, 7) is 12.3. The lowest BCUT2D eigenvalue weighted by atomic mass is 9.89. The molecular formula is C18H36N2. The Balaban J connectivity index is 1.59. The summed E-state index contributed by atoms with van der Waals surface area (Å²) in [6, 6.07) is 0.794. The highest BCUT2D eigenvalue weighted by Gasteiger charge is 2.21. The molecule has 1 N–H and O–H groups in total. The van der Waals surface area contributed by atoms with Crippen LogP contribution < -0.4 is 5.32 Å². The second-order valence-electron chi connectivity index (χ2n) is 7.69. The van der Waals surface area contributed by atoms with Crippen LogP contribution in [-0.2, 0) is 0 Å². The third-order valence-corrected chi connectivity index (χ3v) is 5.69. The van der Waals surface area contributed by atoms with E-state index in [0.717, 1.165) is 23.8 Å². The van der Waals surface area contributed by atoms with Crippen LogP contribution in [-0.4, -0.2) is 37.1 Å². The first-order chi connectivity index (χ1) is 9.65. The number of hydrogen-bond donors (Lipinski definition) is 1. The van der Waals surface area contributed by atoms with Crippen LogP contribution in [0, 0.1) is 17.8 Å². The molecule has 1 saturated heterocycles. The van der Waals surface area contributed by atoms with Gasteiger partial charge in [0.15, 0.2) is 0 Å². The first-order valence-corrected chi connectivity index (χ1v) is 9.11. The monoisotopic (exact) mass is 280 g/mol. The van der Waals surface area contributed by atoms with Gasteiger partial charge in [0.25, 0.3) is 0 Å². The van der Waals surface area contributed by atoms with Crippen molar-refractivity contribution in [2.75, 3.05) is 26.2 Å². The highest BCUT2D eigenvalue weighted by Crippen LogP contribution is 2.28. The SMILES string of the molecule is CC1CCN(CCNC2CCCC(C(C)C)CC2)CC1. The van der Waals surface area contributed by atoms with Crippen LogP contribution in [0.15, 0.2) is 0 Å². The van der Waals surface area contributed by atoms with Gasteiger partial charge in [-0.2, -0.15) is 0 Å². The van der Waals surface area contributed by atoms with Gasteiger partial charge in [-0.3, -0.25) is 0 Å². The summed E-state index contributed by atoms with van der Waals surface area (Å²) in [5.74, 6) is 2.81. The number of hydrogen-bond acceptors (Lipinski definition) is 2. The van der Waals surface area contributed by atoms with E-state index in [1.54, 1.807) is 0 Å². The van der Waals surface area contributed by atoms with Gasteiger partial charge in [0.05, 0.1) is 0 Å². The van der Waals surface area contributed by atoms with Gasteiger partial charge in [-0.25, -0.2) is 0 Å². The summed E-state index contributed by atoms with van der Waals surface area (Å²) < 4.78 is 0. The van der Waals surface area contributed by atoms with Crippen molar-refractivity contribution in [1.29, 1.82) is 0 Å². The first-order valence-electron chi connectivity index (χ1n) is 9.11. The van der Waals surface area contributed by atoms with Crippen molar-refractivity contribution in [2.24, 2.45) is 17.8 Å². The largest absolute Gasteiger partial charge is 0.313 e. The molecule has 20 heavy (non-hydrogen) atoms. The minimum atomic E-state index is 0.794. The zero-order chi connectivity index (χ0) is 14.4. The first kappa shape index (κ1) is 16.3. The van der Waals surface area contributed by atoms with Gasteiger partial charge in [-0.1, -0.05) is 33.6 Å². The molecule has 2 nitrogen and oxygen atoms in total. The second kappa shape index (κ2) is 8.38. The van der Waals surface area contributed by atoms with Crippen molar-refractivity contribution in [3.8, 4) is 0 Å². The molecule has 0 radical (unpaired) electrons. The standard InChI is InChI=1S/C18H36N2/c1-15(2)17-5-4-6-18(8-7-17)19-11-14-20-12-9-16(3)10-13-20/h15-19H,4-14H2,1-3H3. The lowest BCUT2D eigenvalue weighted by molar-refractivity contribution is 0.190. The molecule has 1 heterocycles. The molecule has 2 aliphatic rings. The number of rotatable bonds is 5. The van der Waals surface area contributed by atoms with E-state index in [0.29, 0.717) is 0 Å². The molecule has 0 amide bonds. The second-order valence-corrected chi connectivity index (χ2v) is 7.69. The molecule has 2 rings (SSSR count). The third kappa shape index (κ3) is 5.37. The van der Waals surface area contributed by atoms with Crippen LogP contribution in [0.3, 0.4) is 0 Å². The predicted octanol–water partition coefficient (Wildman–Crippen LogP) is 3.91. The molecule has 2 atom stereocenters. The number of nitrogens with one attached hydrogen (secondary N) is 1. The Hall–Kier alpha value is -0.0800. The van der Waals surface area contributed by atoms with E-state index in [-0.39, 0.29) is 0 Å². The van der Waals surface area contributed by atoms with Gasteiger partial charge < -0.3 is 10.2 Å². The topological polar surface area (TPSA) is 15.3 Å². The smallest absolute Gasteiger partial charge is 0.0107 e. The Morgan fingerprint density at radius 1 is 1.00 bits per heavy atom. The van der Waals surface area contributed by atoms with Gasteiger partial charge >= 0.3 is 0 Å². The summed E-state index contributed by atoms with van der Waals surface area (Å²) in [6.07, 6.45) is 9.94. The summed E-state index contributed by atoms with van der Waals surface area (Å²) in [7, 11) is 0. The fourth-order valence-electron chi connectivity index (χ4n) is 3.91. The van der Waals surface area contributed by atoms with Crippen LogP contribution in [0.5, 0.6) is 0 Å². The van der Waals surface area contributed by atoms with Gasteiger partial charge in [0, 0.05) is 19.1 Å². The molecular weight excluding hydrogens is 244 g/mol. The molecule has 1 aliphatic heterocycles. The van der Waals surface area contributed by atoms with E-state index in [9.17, 15) is 0 Å². The molecule has 2 unspecified atom stereocenters. The Morgan fingerprint density at radius 3 is 2.45 bits per heavy atom. The zero-order valence-electron chi connectivity index (χ0n) is 14.0. The summed E-state index contributed by atoms with van der Waals surface area (Å²) in [5.41, 5.74) is 0. The van der Waals surface area contributed by atoms with E-state index >= 15 is 0 Å². The summed E-state index contributed by atoms with van der Waals surface area (Å²) in [4.78, 5) is 2.65. The van der Waals surface area contributed by atoms with Crippen molar-refractivity contribution in [3.63, 3.8) is 0 Å². The Kier molecular flexibility index (Phi) is 6.83. The molecule has 2 heteroatoms. The zero-order valence-corrected chi connectivity index (χ0v) is 14.0.